The summed E-state index contributed by atoms with van der Waals surface area (Å²) in [5.41, 5.74) is 3.06. The summed E-state index contributed by atoms with van der Waals surface area (Å²) in [5.74, 6) is 1.22. The Labute approximate surface area is 140 Å². The van der Waals surface area contributed by atoms with Crippen molar-refractivity contribution in [3.63, 3.8) is 0 Å². The van der Waals surface area contributed by atoms with Gasteiger partial charge in [0.05, 0.1) is 29.8 Å². The molecule has 0 aliphatic carbocycles. The molecule has 2 rings (SSSR count). The molecule has 1 heterocycles. The van der Waals surface area contributed by atoms with Crippen LogP contribution < -0.4 is 14.9 Å². The van der Waals surface area contributed by atoms with Crippen LogP contribution in [0.5, 0.6) is 11.5 Å². The quantitative estimate of drug-likeness (QED) is 0.469. The minimum absolute atomic E-state index is 0.0558. The molecule has 120 valence electrons. The maximum absolute atomic E-state index is 10.9. The van der Waals surface area contributed by atoms with Gasteiger partial charge in [0.2, 0.25) is 5.82 Å². The summed E-state index contributed by atoms with van der Waals surface area (Å²) in [6, 6.07) is 6.29. The molecule has 8 nitrogen and oxygen atoms in total. The highest BCUT2D eigenvalue weighted by Crippen LogP contribution is 2.32. The average molecular weight is 381 g/mol. The Morgan fingerprint density at radius 3 is 2.74 bits per heavy atom. The molecule has 23 heavy (non-hydrogen) atoms. The van der Waals surface area contributed by atoms with Gasteiger partial charge in [-0.25, -0.2) is 4.98 Å². The molecule has 0 saturated carbocycles. The van der Waals surface area contributed by atoms with E-state index in [0.29, 0.717) is 17.1 Å². The summed E-state index contributed by atoms with van der Waals surface area (Å²) >= 11 is 3.37. The zero-order chi connectivity index (χ0) is 16.8. The topological polar surface area (TPSA) is 98.9 Å². The molecule has 0 bridgehead atoms. The summed E-state index contributed by atoms with van der Waals surface area (Å²) in [4.78, 5) is 14.3. The Balaban J connectivity index is 2.25. The van der Waals surface area contributed by atoms with E-state index >= 15 is 0 Å². The molecule has 9 heteroatoms. The van der Waals surface area contributed by atoms with Gasteiger partial charge in [-0.05, 0) is 28.1 Å². The molecule has 0 amide bonds. The second-order valence-electron chi connectivity index (χ2n) is 4.23. The van der Waals surface area contributed by atoms with Crippen LogP contribution in [0.25, 0.3) is 0 Å². The van der Waals surface area contributed by atoms with Crippen molar-refractivity contribution in [2.75, 3.05) is 19.6 Å². The van der Waals surface area contributed by atoms with E-state index in [0.717, 1.165) is 4.47 Å². The molecular weight excluding hydrogens is 368 g/mol. The number of anilines is 1. The summed E-state index contributed by atoms with van der Waals surface area (Å²) < 4.78 is 11.2. The first-order valence-corrected chi connectivity index (χ1v) is 7.16. The number of benzene rings is 1. The van der Waals surface area contributed by atoms with Gasteiger partial charge >= 0.3 is 5.69 Å². The van der Waals surface area contributed by atoms with E-state index < -0.39 is 4.92 Å². The monoisotopic (exact) mass is 380 g/mol. The van der Waals surface area contributed by atoms with Crippen molar-refractivity contribution < 1.29 is 14.4 Å². The Morgan fingerprint density at radius 2 is 2.09 bits per heavy atom. The highest BCUT2D eigenvalue weighted by atomic mass is 79.9. The Hall–Kier alpha value is -2.68. The second-order valence-corrected chi connectivity index (χ2v) is 5.08. The molecule has 0 unspecified atom stereocenters. The number of hydrogen-bond acceptors (Lipinski definition) is 7. The summed E-state index contributed by atoms with van der Waals surface area (Å²) in [7, 11) is 3.08. The van der Waals surface area contributed by atoms with E-state index in [-0.39, 0.29) is 11.5 Å². The lowest BCUT2D eigenvalue weighted by Gasteiger charge is -2.09. The van der Waals surface area contributed by atoms with Gasteiger partial charge in [-0.15, -0.1) is 0 Å². The first kappa shape index (κ1) is 16.7. The molecule has 1 aromatic carbocycles. The lowest BCUT2D eigenvalue weighted by atomic mass is 10.2. The Morgan fingerprint density at radius 1 is 1.35 bits per heavy atom. The molecule has 0 saturated heterocycles. The van der Waals surface area contributed by atoms with E-state index in [1.807, 2.05) is 0 Å². The first-order valence-electron chi connectivity index (χ1n) is 6.36. The number of nitrogens with zero attached hydrogens (tertiary/aromatic N) is 3. The molecule has 0 atom stereocenters. The number of methoxy groups -OCH3 is 2. The number of halogens is 1. The number of nitrogens with one attached hydrogen (secondary N) is 1. The van der Waals surface area contributed by atoms with Crippen molar-refractivity contribution >= 4 is 33.6 Å². The SMILES string of the molecule is COc1cc(OC)c(/C=N\Nc2ncccc2[N+](=O)[O-])cc1Br. The van der Waals surface area contributed by atoms with Gasteiger partial charge in [0.15, 0.2) is 0 Å². The van der Waals surface area contributed by atoms with Crippen molar-refractivity contribution in [1.82, 2.24) is 4.98 Å². The average Bonchev–Trinajstić information content (AvgIpc) is 2.55. The fourth-order valence-electron chi connectivity index (χ4n) is 1.78. The molecule has 1 aromatic heterocycles. The predicted molar refractivity (Wildman–Crippen MR) is 89.4 cm³/mol. The van der Waals surface area contributed by atoms with Crippen LogP contribution in [0.3, 0.4) is 0 Å². The lowest BCUT2D eigenvalue weighted by molar-refractivity contribution is -0.384. The Bertz CT molecular complexity index is 752. The minimum atomic E-state index is -0.532. The normalized spacial score (nSPS) is 10.6. The maximum atomic E-state index is 10.9. The number of nitro groups is 1. The van der Waals surface area contributed by atoms with Crippen molar-refractivity contribution in [2.45, 2.75) is 0 Å². The van der Waals surface area contributed by atoms with Crippen LogP contribution in [0.4, 0.5) is 11.5 Å². The molecule has 0 radical (unpaired) electrons. The van der Waals surface area contributed by atoms with Crippen LogP contribution >= 0.6 is 15.9 Å². The highest BCUT2D eigenvalue weighted by molar-refractivity contribution is 9.10. The van der Waals surface area contributed by atoms with E-state index in [2.05, 4.69) is 31.4 Å². The fraction of sp³-hybridized carbons (Fsp3) is 0.143. The third-order valence-electron chi connectivity index (χ3n) is 2.86. The number of ether oxygens (including phenoxy) is 2. The van der Waals surface area contributed by atoms with Crippen LogP contribution in [-0.4, -0.2) is 30.3 Å². The van der Waals surface area contributed by atoms with E-state index in [9.17, 15) is 10.1 Å². The smallest absolute Gasteiger partial charge is 0.313 e. The second kappa shape index (κ2) is 7.54. The summed E-state index contributed by atoms with van der Waals surface area (Å²) in [5, 5.41) is 14.9. The molecular formula is C14H13BrN4O4. The molecule has 0 aliphatic rings. The van der Waals surface area contributed by atoms with Crippen LogP contribution in [0.2, 0.25) is 0 Å². The van der Waals surface area contributed by atoms with Gasteiger partial charge in [0.25, 0.3) is 0 Å². The Kier molecular flexibility index (Phi) is 5.47. The van der Waals surface area contributed by atoms with Crippen LogP contribution in [0.1, 0.15) is 5.56 Å². The van der Waals surface area contributed by atoms with E-state index in [1.165, 1.54) is 31.7 Å². The molecule has 0 spiro atoms. The van der Waals surface area contributed by atoms with Gasteiger partial charge in [-0.3, -0.25) is 15.5 Å². The van der Waals surface area contributed by atoms with Crippen molar-refractivity contribution in [3.05, 3.63) is 50.6 Å². The molecule has 2 aromatic rings. The summed E-state index contributed by atoms with van der Waals surface area (Å²) in [6.45, 7) is 0. The van der Waals surface area contributed by atoms with Gasteiger partial charge in [0, 0.05) is 23.9 Å². The lowest BCUT2D eigenvalue weighted by Crippen LogP contribution is -2.00. The maximum Gasteiger partial charge on any atom is 0.313 e. The third-order valence-corrected chi connectivity index (χ3v) is 3.48. The minimum Gasteiger partial charge on any atom is -0.496 e. The number of hydrazone groups is 1. The van der Waals surface area contributed by atoms with Gasteiger partial charge < -0.3 is 9.47 Å². The number of pyridine rings is 1. The van der Waals surface area contributed by atoms with Crippen molar-refractivity contribution in [3.8, 4) is 11.5 Å². The van der Waals surface area contributed by atoms with Gasteiger partial charge in [0.1, 0.15) is 11.5 Å². The largest absolute Gasteiger partial charge is 0.496 e. The summed E-state index contributed by atoms with van der Waals surface area (Å²) in [6.07, 6.45) is 2.91. The van der Waals surface area contributed by atoms with Crippen LogP contribution in [0, 0.1) is 10.1 Å². The van der Waals surface area contributed by atoms with Crippen molar-refractivity contribution in [1.29, 1.82) is 0 Å². The zero-order valence-electron chi connectivity index (χ0n) is 12.3. The third kappa shape index (κ3) is 3.95. The first-order chi connectivity index (χ1) is 11.1. The standard InChI is InChI=1S/C14H13BrN4O4/c1-22-12-7-13(23-2)10(15)6-9(12)8-17-18-14-11(19(20)21)4-3-5-16-14/h3-8H,1-2H3,(H,16,18)/b17-8-. The molecule has 0 aliphatic heterocycles. The molecule has 0 fully saturated rings. The van der Waals surface area contributed by atoms with E-state index in [4.69, 9.17) is 9.47 Å². The number of aromatic nitrogens is 1. The zero-order valence-corrected chi connectivity index (χ0v) is 13.9. The fourth-order valence-corrected chi connectivity index (χ4v) is 2.30. The van der Waals surface area contributed by atoms with Crippen LogP contribution in [-0.2, 0) is 0 Å². The van der Waals surface area contributed by atoms with Gasteiger partial charge in [-0.1, -0.05) is 0 Å². The van der Waals surface area contributed by atoms with Crippen molar-refractivity contribution in [2.24, 2.45) is 5.10 Å². The van der Waals surface area contributed by atoms with Crippen LogP contribution in [0.15, 0.2) is 40.0 Å². The predicted octanol–water partition coefficient (Wildman–Crippen LogP) is 3.22. The van der Waals surface area contributed by atoms with Gasteiger partial charge in [-0.2, -0.15) is 5.10 Å². The number of hydrogen-bond donors (Lipinski definition) is 1. The van der Waals surface area contributed by atoms with E-state index in [1.54, 1.807) is 19.2 Å². The highest BCUT2D eigenvalue weighted by Gasteiger charge is 2.13. The number of rotatable bonds is 6. The molecule has 1 N–H and O–H groups in total.